The zero-order valence-electron chi connectivity index (χ0n) is 23.5. The molecule has 41 heavy (non-hydrogen) atoms. The number of aryl methyl sites for hydroxylation is 1. The second-order valence-electron chi connectivity index (χ2n) is 10.3. The highest BCUT2D eigenvalue weighted by molar-refractivity contribution is 7.92. The van der Waals surface area contributed by atoms with E-state index in [1.807, 2.05) is 13.0 Å². The third-order valence-corrected chi connectivity index (χ3v) is 9.36. The summed E-state index contributed by atoms with van der Waals surface area (Å²) in [5.74, 6) is -0.525. The Balaban J connectivity index is 1.71. The van der Waals surface area contributed by atoms with Crippen LogP contribution < -0.4 is 14.4 Å². The molecule has 218 valence electrons. The number of methoxy groups -OCH3 is 1. The van der Waals surface area contributed by atoms with Crippen molar-refractivity contribution in [2.45, 2.75) is 63.1 Å². The average molecular weight is 598 g/mol. The van der Waals surface area contributed by atoms with Crippen molar-refractivity contribution < 1.29 is 22.7 Å². The SMILES string of the molecule is COc1ccccc1N(CC(=O)N(Cc1cccc(Cl)c1)C(C)C(=O)NC1CCCC1)S(=O)(=O)c1ccc(C)cc1. The Morgan fingerprint density at radius 1 is 1.02 bits per heavy atom. The first kappa shape index (κ1) is 30.4. The number of nitrogens with one attached hydrogen (secondary N) is 1. The first-order chi connectivity index (χ1) is 19.6. The molecule has 0 aliphatic heterocycles. The molecule has 1 saturated carbocycles. The van der Waals surface area contributed by atoms with Gasteiger partial charge in [0.2, 0.25) is 11.8 Å². The van der Waals surface area contributed by atoms with E-state index in [1.165, 1.54) is 24.1 Å². The Bertz CT molecular complexity index is 1470. The molecule has 10 heteroatoms. The Hall–Kier alpha value is -3.56. The molecule has 0 saturated heterocycles. The second-order valence-corrected chi connectivity index (χ2v) is 12.6. The summed E-state index contributed by atoms with van der Waals surface area (Å²) in [6.45, 7) is 3.06. The topological polar surface area (TPSA) is 96.0 Å². The summed E-state index contributed by atoms with van der Waals surface area (Å²) in [5.41, 5.74) is 1.84. The summed E-state index contributed by atoms with van der Waals surface area (Å²) in [4.78, 5) is 28.9. The Morgan fingerprint density at radius 3 is 2.37 bits per heavy atom. The number of halogens is 1. The highest BCUT2D eigenvalue weighted by atomic mass is 35.5. The van der Waals surface area contributed by atoms with E-state index in [4.69, 9.17) is 16.3 Å². The zero-order chi connectivity index (χ0) is 29.6. The maximum atomic E-state index is 14.1. The molecule has 1 aliphatic rings. The molecular formula is C31H36ClN3O5S. The third kappa shape index (κ3) is 7.40. The van der Waals surface area contributed by atoms with E-state index in [9.17, 15) is 18.0 Å². The van der Waals surface area contributed by atoms with E-state index in [0.29, 0.717) is 10.8 Å². The summed E-state index contributed by atoms with van der Waals surface area (Å²) in [7, 11) is -2.75. The van der Waals surface area contributed by atoms with Crippen molar-refractivity contribution in [3.63, 3.8) is 0 Å². The van der Waals surface area contributed by atoms with Gasteiger partial charge in [0, 0.05) is 17.6 Å². The molecule has 0 heterocycles. The van der Waals surface area contributed by atoms with E-state index in [-0.39, 0.29) is 29.1 Å². The molecule has 4 rings (SSSR count). The summed E-state index contributed by atoms with van der Waals surface area (Å²) in [6, 6.07) is 19.3. The minimum atomic E-state index is -4.19. The van der Waals surface area contributed by atoms with Gasteiger partial charge in [-0.3, -0.25) is 13.9 Å². The lowest BCUT2D eigenvalue weighted by Gasteiger charge is -2.33. The fraction of sp³-hybridized carbons (Fsp3) is 0.355. The molecule has 0 bridgehead atoms. The van der Waals surface area contributed by atoms with Crippen LogP contribution in [-0.2, 0) is 26.2 Å². The molecule has 1 fully saturated rings. The van der Waals surface area contributed by atoms with Gasteiger partial charge in [0.25, 0.3) is 10.0 Å². The van der Waals surface area contributed by atoms with E-state index < -0.39 is 28.5 Å². The summed E-state index contributed by atoms with van der Waals surface area (Å²) in [5, 5.41) is 3.56. The monoisotopic (exact) mass is 597 g/mol. The molecule has 0 aromatic heterocycles. The minimum Gasteiger partial charge on any atom is -0.495 e. The van der Waals surface area contributed by atoms with E-state index in [0.717, 1.165) is 41.1 Å². The van der Waals surface area contributed by atoms with E-state index in [1.54, 1.807) is 61.5 Å². The van der Waals surface area contributed by atoms with Gasteiger partial charge >= 0.3 is 0 Å². The first-order valence-corrected chi connectivity index (χ1v) is 15.5. The Morgan fingerprint density at radius 2 is 1.71 bits per heavy atom. The van der Waals surface area contributed by atoms with Crippen LogP contribution in [-0.4, -0.2) is 50.9 Å². The molecular weight excluding hydrogens is 562 g/mol. The molecule has 8 nitrogen and oxygen atoms in total. The molecule has 1 atom stereocenters. The van der Waals surface area contributed by atoms with Crippen LogP contribution in [0.4, 0.5) is 5.69 Å². The van der Waals surface area contributed by atoms with Crippen molar-refractivity contribution in [3.8, 4) is 5.75 Å². The predicted octanol–water partition coefficient (Wildman–Crippen LogP) is 5.33. The quantitative estimate of drug-likeness (QED) is 0.322. The number of rotatable bonds is 11. The van der Waals surface area contributed by atoms with Gasteiger partial charge in [-0.1, -0.05) is 66.4 Å². The number of hydrogen-bond donors (Lipinski definition) is 1. The van der Waals surface area contributed by atoms with Crippen molar-refractivity contribution in [2.75, 3.05) is 18.0 Å². The van der Waals surface area contributed by atoms with Gasteiger partial charge in [0.15, 0.2) is 0 Å². The van der Waals surface area contributed by atoms with Crippen molar-refractivity contribution in [1.29, 1.82) is 0 Å². The minimum absolute atomic E-state index is 0.0372. The summed E-state index contributed by atoms with van der Waals surface area (Å²) < 4.78 is 34.5. The van der Waals surface area contributed by atoms with Crippen LogP contribution in [0, 0.1) is 6.92 Å². The number of nitrogens with zero attached hydrogens (tertiary/aromatic N) is 2. The van der Waals surface area contributed by atoms with Gasteiger partial charge in [-0.05, 0) is 68.7 Å². The summed E-state index contributed by atoms with van der Waals surface area (Å²) >= 11 is 6.22. The van der Waals surface area contributed by atoms with Crippen molar-refractivity contribution in [2.24, 2.45) is 0 Å². The molecule has 1 aliphatic carbocycles. The molecule has 1 unspecified atom stereocenters. The molecule has 1 N–H and O–H groups in total. The largest absolute Gasteiger partial charge is 0.495 e. The lowest BCUT2D eigenvalue weighted by molar-refractivity contribution is -0.139. The molecule has 2 amide bonds. The number of ether oxygens (including phenoxy) is 1. The van der Waals surface area contributed by atoms with Crippen molar-refractivity contribution in [1.82, 2.24) is 10.2 Å². The average Bonchev–Trinajstić information content (AvgIpc) is 3.47. The van der Waals surface area contributed by atoms with Crippen LogP contribution in [0.2, 0.25) is 5.02 Å². The van der Waals surface area contributed by atoms with Crippen molar-refractivity contribution >= 4 is 39.1 Å². The van der Waals surface area contributed by atoms with Crippen LogP contribution in [0.15, 0.2) is 77.7 Å². The van der Waals surface area contributed by atoms with E-state index in [2.05, 4.69) is 5.32 Å². The standard InChI is InChI=1S/C31H36ClN3O5S/c1-22-15-17-27(18-16-22)41(38,39)35(28-13-6-7-14-29(28)40-3)21-30(36)34(20-24-9-8-10-25(32)19-24)23(2)31(37)33-26-11-4-5-12-26/h6-10,13-19,23,26H,4-5,11-12,20-21H2,1-3H3,(H,33,37). The highest BCUT2D eigenvalue weighted by Gasteiger charge is 2.34. The third-order valence-electron chi connectivity index (χ3n) is 7.35. The van der Waals surface area contributed by atoms with Gasteiger partial charge < -0.3 is 15.0 Å². The van der Waals surface area contributed by atoms with Gasteiger partial charge in [0.1, 0.15) is 18.3 Å². The number of sulfonamides is 1. The van der Waals surface area contributed by atoms with Crippen molar-refractivity contribution in [3.05, 3.63) is 88.9 Å². The highest BCUT2D eigenvalue weighted by Crippen LogP contribution is 2.32. The fourth-order valence-electron chi connectivity index (χ4n) is 4.99. The number of para-hydroxylation sites is 2. The maximum absolute atomic E-state index is 14.1. The second kappa shape index (κ2) is 13.4. The predicted molar refractivity (Wildman–Crippen MR) is 161 cm³/mol. The molecule has 0 radical (unpaired) electrons. The Kier molecular flexibility index (Phi) is 9.94. The smallest absolute Gasteiger partial charge is 0.264 e. The molecule has 3 aromatic rings. The number of carbonyl (C=O) groups is 2. The van der Waals surface area contributed by atoms with Gasteiger partial charge in [-0.25, -0.2) is 8.42 Å². The first-order valence-electron chi connectivity index (χ1n) is 13.7. The normalized spacial score (nSPS) is 14.3. The van der Waals surface area contributed by atoms with Crippen LogP contribution >= 0.6 is 11.6 Å². The van der Waals surface area contributed by atoms with Gasteiger partial charge in [-0.15, -0.1) is 0 Å². The van der Waals surface area contributed by atoms with Crippen LogP contribution in [0.5, 0.6) is 5.75 Å². The maximum Gasteiger partial charge on any atom is 0.264 e. The van der Waals surface area contributed by atoms with Gasteiger partial charge in [0.05, 0.1) is 17.7 Å². The fourth-order valence-corrected chi connectivity index (χ4v) is 6.63. The number of anilines is 1. The number of carbonyl (C=O) groups excluding carboxylic acids is 2. The van der Waals surface area contributed by atoms with Gasteiger partial charge in [-0.2, -0.15) is 0 Å². The van der Waals surface area contributed by atoms with Crippen LogP contribution in [0.25, 0.3) is 0 Å². The molecule has 0 spiro atoms. The lowest BCUT2D eigenvalue weighted by atomic mass is 10.1. The number of benzene rings is 3. The number of amides is 2. The summed E-state index contributed by atoms with van der Waals surface area (Å²) in [6.07, 6.45) is 3.90. The number of hydrogen-bond acceptors (Lipinski definition) is 5. The Labute approximate surface area is 247 Å². The van der Waals surface area contributed by atoms with E-state index >= 15 is 0 Å². The van der Waals surface area contributed by atoms with Crippen LogP contribution in [0.1, 0.15) is 43.7 Å². The molecule has 3 aromatic carbocycles. The zero-order valence-corrected chi connectivity index (χ0v) is 25.1. The lowest BCUT2D eigenvalue weighted by Crippen LogP contribution is -2.52. The van der Waals surface area contributed by atoms with Crippen LogP contribution in [0.3, 0.4) is 0 Å².